The van der Waals surface area contributed by atoms with Gasteiger partial charge < -0.3 is 12.9 Å². The number of hydrogen-bond acceptors (Lipinski definition) is 2. The van der Waals surface area contributed by atoms with Crippen LogP contribution in [0.15, 0.2) is 12.4 Å². The van der Waals surface area contributed by atoms with Crippen LogP contribution in [0.2, 0.25) is 0 Å². The number of nitrogens with zero attached hydrogens (tertiary/aromatic N) is 2. The van der Waals surface area contributed by atoms with E-state index < -0.39 is 13.3 Å². The molecule has 0 unspecified atom stereocenters. The molecule has 0 bridgehead atoms. The van der Waals surface area contributed by atoms with Gasteiger partial charge in [-0.05, 0) is 18.4 Å². The second-order valence-electron chi connectivity index (χ2n) is 3.64. The molecule has 15 heavy (non-hydrogen) atoms. The van der Waals surface area contributed by atoms with Gasteiger partial charge in [-0.1, -0.05) is 6.32 Å². The van der Waals surface area contributed by atoms with Crippen LogP contribution in [-0.4, -0.2) is 16.9 Å². The van der Waals surface area contributed by atoms with Gasteiger partial charge in [0.25, 0.3) is 0 Å². The van der Waals surface area contributed by atoms with Gasteiger partial charge in [0.1, 0.15) is 5.82 Å². The van der Waals surface area contributed by atoms with Gasteiger partial charge in [-0.3, -0.25) is 0 Å². The number of hydrogen-bond donors (Lipinski definition) is 0. The zero-order valence-corrected chi connectivity index (χ0v) is 11.6. The summed E-state index contributed by atoms with van der Waals surface area (Å²) in [6.07, 6.45) is 3.81. The van der Waals surface area contributed by atoms with Crippen molar-refractivity contribution in [1.82, 2.24) is 9.97 Å². The predicted octanol–water partition coefficient (Wildman–Crippen LogP) is -0.713. The first-order chi connectivity index (χ1) is 6.54. The number of halogens is 3. The summed E-state index contributed by atoms with van der Waals surface area (Å²) in [6.45, 7) is -4.78. The molecule has 1 aliphatic rings. The predicted molar refractivity (Wildman–Crippen MR) is 46.8 cm³/mol. The van der Waals surface area contributed by atoms with Crippen molar-refractivity contribution in [3.63, 3.8) is 0 Å². The van der Waals surface area contributed by atoms with Crippen LogP contribution >= 0.6 is 0 Å². The Kier molecular flexibility index (Phi) is 4.79. The van der Waals surface area contributed by atoms with Crippen LogP contribution in [0.1, 0.15) is 30.1 Å². The normalized spacial score (nSPS) is 15.9. The molecule has 0 radical (unpaired) electrons. The zero-order valence-electron chi connectivity index (χ0n) is 8.46. The minimum Gasteiger partial charge on any atom is -0.449 e. The Morgan fingerprint density at radius 2 is 1.73 bits per heavy atom. The Bertz CT molecular complexity index is 324. The van der Waals surface area contributed by atoms with Crippen LogP contribution in [0.3, 0.4) is 0 Å². The summed E-state index contributed by atoms with van der Waals surface area (Å²) < 4.78 is 36.1. The average molecular weight is 240 g/mol. The molecule has 0 saturated heterocycles. The molecule has 1 saturated carbocycles. The first kappa shape index (κ1) is 13.6. The van der Waals surface area contributed by atoms with E-state index in [-0.39, 0.29) is 56.9 Å². The fourth-order valence-electron chi connectivity index (χ4n) is 1.29. The van der Waals surface area contributed by atoms with Crippen molar-refractivity contribution in [2.24, 2.45) is 0 Å². The molecule has 1 aliphatic carbocycles. The minimum atomic E-state index is -4.78. The van der Waals surface area contributed by atoms with E-state index in [2.05, 4.69) is 9.97 Å². The van der Waals surface area contributed by atoms with Crippen molar-refractivity contribution in [2.45, 2.75) is 25.1 Å². The van der Waals surface area contributed by atoms with Crippen LogP contribution in [-0.2, 0) is 6.32 Å². The van der Waals surface area contributed by atoms with Crippen LogP contribution < -0.4 is 51.4 Å². The first-order valence-corrected chi connectivity index (χ1v) is 4.56. The van der Waals surface area contributed by atoms with Crippen LogP contribution in [0.5, 0.6) is 0 Å². The molecule has 0 spiro atoms. The van der Waals surface area contributed by atoms with E-state index in [1.165, 1.54) is 12.4 Å². The third kappa shape index (κ3) is 4.52. The molecule has 1 aromatic heterocycles. The van der Waals surface area contributed by atoms with E-state index in [0.717, 1.165) is 12.8 Å². The van der Waals surface area contributed by atoms with Gasteiger partial charge in [-0.25, -0.2) is 9.97 Å². The second-order valence-corrected chi connectivity index (χ2v) is 3.64. The molecule has 1 fully saturated rings. The van der Waals surface area contributed by atoms with E-state index in [4.69, 9.17) is 0 Å². The van der Waals surface area contributed by atoms with Crippen molar-refractivity contribution >= 4 is 6.98 Å². The number of rotatable bonds is 3. The zero-order chi connectivity index (χ0) is 10.2. The van der Waals surface area contributed by atoms with E-state index in [9.17, 15) is 12.9 Å². The Balaban J connectivity index is 0.00000112. The molecular weight excluding hydrogens is 231 g/mol. The maximum atomic E-state index is 12.0. The van der Waals surface area contributed by atoms with Crippen LogP contribution in [0.25, 0.3) is 0 Å². The molecule has 7 heteroatoms. The van der Waals surface area contributed by atoms with Gasteiger partial charge in [0, 0.05) is 18.3 Å². The van der Waals surface area contributed by atoms with Crippen LogP contribution in [0.4, 0.5) is 12.9 Å². The summed E-state index contributed by atoms with van der Waals surface area (Å²) in [5, 5.41) is 0. The third-order valence-corrected chi connectivity index (χ3v) is 2.13. The Morgan fingerprint density at radius 3 is 2.13 bits per heavy atom. The molecule has 76 valence electrons. The molecule has 0 aromatic carbocycles. The number of aromatic nitrogens is 2. The second kappa shape index (κ2) is 5.27. The monoisotopic (exact) mass is 240 g/mol. The molecule has 0 N–H and O–H groups in total. The first-order valence-electron chi connectivity index (χ1n) is 4.56. The maximum absolute atomic E-state index is 12.0. The topological polar surface area (TPSA) is 25.8 Å². The van der Waals surface area contributed by atoms with Gasteiger partial charge in [0.05, 0.1) is 0 Å². The summed E-state index contributed by atoms with van der Waals surface area (Å²) in [5.74, 6) is 1.07. The van der Waals surface area contributed by atoms with E-state index in [1.54, 1.807) is 0 Å². The molecule has 0 atom stereocenters. The van der Waals surface area contributed by atoms with Crippen molar-refractivity contribution in [3.05, 3.63) is 23.8 Å². The van der Waals surface area contributed by atoms with Crippen molar-refractivity contribution < 1.29 is 64.3 Å². The third-order valence-electron chi connectivity index (χ3n) is 2.13. The fourth-order valence-corrected chi connectivity index (χ4v) is 1.29. The summed E-state index contributed by atoms with van der Waals surface area (Å²) in [6, 6.07) is 0. The maximum Gasteiger partial charge on any atom is 1.00 e. The van der Waals surface area contributed by atoms with E-state index in [1.807, 2.05) is 0 Å². The van der Waals surface area contributed by atoms with Gasteiger partial charge in [-0.2, -0.15) is 0 Å². The van der Waals surface area contributed by atoms with E-state index in [0.29, 0.717) is 11.7 Å². The Hall–Kier alpha value is 0.571. The van der Waals surface area contributed by atoms with E-state index >= 15 is 0 Å². The van der Waals surface area contributed by atoms with Crippen molar-refractivity contribution in [1.29, 1.82) is 0 Å². The Labute approximate surface area is 129 Å². The molecule has 1 aromatic rings. The largest absolute Gasteiger partial charge is 1.00 e. The summed E-state index contributed by atoms with van der Waals surface area (Å²) in [4.78, 5) is 7.85. The Morgan fingerprint density at radius 1 is 1.20 bits per heavy atom. The quantitative estimate of drug-likeness (QED) is 0.652. The SMILES string of the molecule is F[B-](F)(F)Cc1cnc(C2CC2)nc1.[K+]. The van der Waals surface area contributed by atoms with Crippen molar-refractivity contribution in [2.75, 3.05) is 0 Å². The average Bonchev–Trinajstić information content (AvgIpc) is 2.85. The fraction of sp³-hybridized carbons (Fsp3) is 0.500. The van der Waals surface area contributed by atoms with Crippen molar-refractivity contribution in [3.8, 4) is 0 Å². The smallest absolute Gasteiger partial charge is 0.449 e. The minimum absolute atomic E-state index is 0. The van der Waals surface area contributed by atoms with Crippen LogP contribution in [0, 0.1) is 0 Å². The molecule has 1 heterocycles. The molecule has 2 nitrogen and oxygen atoms in total. The summed E-state index contributed by atoms with van der Waals surface area (Å²) in [7, 11) is 0. The van der Waals surface area contributed by atoms with Gasteiger partial charge >= 0.3 is 58.4 Å². The van der Waals surface area contributed by atoms with Gasteiger partial charge in [-0.15, -0.1) is 0 Å². The molecular formula is C8H9BF3KN2. The molecule has 0 amide bonds. The molecule has 0 aliphatic heterocycles. The standard InChI is InChI=1S/C8H9BF3N2.K/c10-9(11,12)3-6-4-13-8(14-5-6)7-1-2-7;/h4-5,7H,1-3H2;/q-1;+1. The summed E-state index contributed by atoms with van der Waals surface area (Å²) in [5.41, 5.74) is 0.155. The van der Waals surface area contributed by atoms with Gasteiger partial charge in [0.2, 0.25) is 0 Å². The summed E-state index contributed by atoms with van der Waals surface area (Å²) >= 11 is 0. The van der Waals surface area contributed by atoms with Gasteiger partial charge in [0.15, 0.2) is 0 Å². The molecule has 2 rings (SSSR count).